The Bertz CT molecular complexity index is 947. The zero-order chi connectivity index (χ0) is 17.4. The van der Waals surface area contributed by atoms with Gasteiger partial charge in [0.2, 0.25) is 0 Å². The van der Waals surface area contributed by atoms with Gasteiger partial charge in [-0.15, -0.1) is 11.3 Å². The number of aromatic nitrogens is 1. The molecule has 0 fully saturated rings. The first-order valence-corrected chi connectivity index (χ1v) is 9.48. The summed E-state index contributed by atoms with van der Waals surface area (Å²) in [7, 11) is 0. The number of nitrogens with zero attached hydrogens (tertiary/aromatic N) is 1. The molecule has 0 saturated heterocycles. The van der Waals surface area contributed by atoms with Gasteiger partial charge in [0.15, 0.2) is 0 Å². The van der Waals surface area contributed by atoms with Crippen molar-refractivity contribution in [2.24, 2.45) is 0 Å². The van der Waals surface area contributed by atoms with Crippen molar-refractivity contribution in [2.45, 2.75) is 32.6 Å². The molecule has 2 N–H and O–H groups in total. The number of rotatable bonds is 3. The van der Waals surface area contributed by atoms with Gasteiger partial charge in [-0.3, -0.25) is 0 Å². The second kappa shape index (κ2) is 6.48. The Labute approximate surface area is 150 Å². The molecule has 3 aromatic rings. The molecule has 0 spiro atoms. The fraction of sp³-hybridized carbons (Fsp3) is 0.300. The van der Waals surface area contributed by atoms with Gasteiger partial charge in [0.05, 0.1) is 12.3 Å². The average molecular weight is 352 g/mol. The standard InChI is InChI=1S/C20H20N2O2S/c1-2-24-20(23)18-17(21)16-15(12-8-4-3-5-9-12)13-10-6-7-11-14(13)22-19(16)25-18/h3-5,8-9H,2,6-7,10-11,21H2,1H3. The lowest BCUT2D eigenvalue weighted by Crippen LogP contribution is -2.08. The van der Waals surface area contributed by atoms with Gasteiger partial charge >= 0.3 is 5.97 Å². The number of thiophene rings is 1. The predicted octanol–water partition coefficient (Wildman–Crippen LogP) is 4.60. The van der Waals surface area contributed by atoms with Crippen molar-refractivity contribution >= 4 is 33.2 Å². The van der Waals surface area contributed by atoms with Crippen LogP contribution < -0.4 is 5.73 Å². The van der Waals surface area contributed by atoms with E-state index in [0.717, 1.165) is 52.7 Å². The zero-order valence-corrected chi connectivity index (χ0v) is 15.0. The van der Waals surface area contributed by atoms with E-state index in [4.69, 9.17) is 15.5 Å². The maximum absolute atomic E-state index is 12.3. The van der Waals surface area contributed by atoms with Gasteiger partial charge in [-0.05, 0) is 49.3 Å². The molecule has 2 aromatic heterocycles. The molecule has 0 unspecified atom stereocenters. The number of nitrogens with two attached hydrogens (primary N) is 1. The van der Waals surface area contributed by atoms with E-state index in [1.54, 1.807) is 6.92 Å². The fourth-order valence-electron chi connectivity index (χ4n) is 3.58. The normalized spacial score (nSPS) is 13.6. The van der Waals surface area contributed by atoms with Crippen molar-refractivity contribution in [3.63, 3.8) is 0 Å². The van der Waals surface area contributed by atoms with Gasteiger partial charge in [0, 0.05) is 11.1 Å². The minimum Gasteiger partial charge on any atom is -0.462 e. The molecule has 5 heteroatoms. The van der Waals surface area contributed by atoms with Crippen LogP contribution in [-0.2, 0) is 17.6 Å². The number of fused-ring (bicyclic) bond motifs is 2. The molecular formula is C20H20N2O2S. The first-order valence-electron chi connectivity index (χ1n) is 8.67. The van der Waals surface area contributed by atoms with Crippen LogP contribution in [0.25, 0.3) is 21.3 Å². The topological polar surface area (TPSA) is 65.2 Å². The van der Waals surface area contributed by atoms with Gasteiger partial charge < -0.3 is 10.5 Å². The van der Waals surface area contributed by atoms with Crippen LogP contribution in [0.4, 0.5) is 5.69 Å². The van der Waals surface area contributed by atoms with Crippen LogP contribution in [0.5, 0.6) is 0 Å². The summed E-state index contributed by atoms with van der Waals surface area (Å²) in [4.78, 5) is 18.4. The van der Waals surface area contributed by atoms with E-state index in [9.17, 15) is 4.79 Å². The van der Waals surface area contributed by atoms with Gasteiger partial charge in [0.25, 0.3) is 0 Å². The number of ether oxygens (including phenoxy) is 1. The number of nitrogen functional groups attached to an aromatic ring is 1. The Morgan fingerprint density at radius 1 is 1.24 bits per heavy atom. The fourth-order valence-corrected chi connectivity index (χ4v) is 4.60. The SMILES string of the molecule is CCOC(=O)c1sc2nc3c(c(-c4ccccc4)c2c1N)CCCC3. The second-order valence-electron chi connectivity index (χ2n) is 6.23. The van der Waals surface area contributed by atoms with E-state index in [1.807, 2.05) is 18.2 Å². The van der Waals surface area contributed by atoms with E-state index in [-0.39, 0.29) is 5.97 Å². The summed E-state index contributed by atoms with van der Waals surface area (Å²) in [6.45, 7) is 2.13. The molecule has 25 heavy (non-hydrogen) atoms. The minimum atomic E-state index is -0.361. The average Bonchev–Trinajstić information content (AvgIpc) is 2.97. The number of carbonyl (C=O) groups excluding carboxylic acids is 1. The number of carbonyl (C=O) groups is 1. The summed E-state index contributed by atoms with van der Waals surface area (Å²) in [6, 6.07) is 10.3. The van der Waals surface area contributed by atoms with Crippen molar-refractivity contribution in [1.82, 2.24) is 4.98 Å². The summed E-state index contributed by atoms with van der Waals surface area (Å²) >= 11 is 1.34. The van der Waals surface area contributed by atoms with Crippen LogP contribution in [0.1, 0.15) is 40.7 Å². The third kappa shape index (κ3) is 2.68. The van der Waals surface area contributed by atoms with Crippen LogP contribution in [0.3, 0.4) is 0 Å². The molecule has 0 saturated carbocycles. The lowest BCUT2D eigenvalue weighted by Gasteiger charge is -2.20. The highest BCUT2D eigenvalue weighted by molar-refractivity contribution is 7.21. The summed E-state index contributed by atoms with van der Waals surface area (Å²) in [5.41, 5.74) is 11.6. The molecular weight excluding hydrogens is 332 g/mol. The van der Waals surface area contributed by atoms with Crippen molar-refractivity contribution in [3.8, 4) is 11.1 Å². The number of anilines is 1. The van der Waals surface area contributed by atoms with Crippen LogP contribution >= 0.6 is 11.3 Å². The molecule has 0 bridgehead atoms. The van der Waals surface area contributed by atoms with E-state index in [2.05, 4.69) is 12.1 Å². The Morgan fingerprint density at radius 3 is 2.76 bits per heavy atom. The molecule has 0 amide bonds. The molecule has 4 nitrogen and oxygen atoms in total. The highest BCUT2D eigenvalue weighted by Gasteiger charge is 2.26. The van der Waals surface area contributed by atoms with E-state index >= 15 is 0 Å². The van der Waals surface area contributed by atoms with Crippen molar-refractivity contribution in [3.05, 3.63) is 46.5 Å². The molecule has 0 aliphatic heterocycles. The number of esters is 1. The van der Waals surface area contributed by atoms with Crippen LogP contribution in [-0.4, -0.2) is 17.6 Å². The van der Waals surface area contributed by atoms with Crippen LogP contribution in [0.2, 0.25) is 0 Å². The highest BCUT2D eigenvalue weighted by Crippen LogP contribution is 2.43. The van der Waals surface area contributed by atoms with Crippen molar-refractivity contribution in [2.75, 3.05) is 12.3 Å². The van der Waals surface area contributed by atoms with Crippen molar-refractivity contribution in [1.29, 1.82) is 0 Å². The maximum atomic E-state index is 12.3. The lowest BCUT2D eigenvalue weighted by atomic mass is 9.87. The van der Waals surface area contributed by atoms with Gasteiger partial charge in [0.1, 0.15) is 9.71 Å². The Balaban J connectivity index is 2.04. The van der Waals surface area contributed by atoms with Gasteiger partial charge in [-0.1, -0.05) is 30.3 Å². The van der Waals surface area contributed by atoms with Crippen molar-refractivity contribution < 1.29 is 9.53 Å². The molecule has 0 radical (unpaired) electrons. The Hall–Kier alpha value is -2.40. The lowest BCUT2D eigenvalue weighted by molar-refractivity contribution is 0.0533. The van der Waals surface area contributed by atoms with Crippen LogP contribution in [0, 0.1) is 0 Å². The third-order valence-corrected chi connectivity index (χ3v) is 5.76. The second-order valence-corrected chi connectivity index (χ2v) is 7.23. The smallest absolute Gasteiger partial charge is 0.350 e. The Kier molecular flexibility index (Phi) is 4.17. The molecule has 1 aromatic carbocycles. The Morgan fingerprint density at radius 2 is 2.00 bits per heavy atom. The predicted molar refractivity (Wildman–Crippen MR) is 102 cm³/mol. The van der Waals surface area contributed by atoms with Gasteiger partial charge in [-0.25, -0.2) is 9.78 Å². The maximum Gasteiger partial charge on any atom is 0.350 e. The first-order chi connectivity index (χ1) is 12.2. The minimum absolute atomic E-state index is 0.335. The number of hydrogen-bond donors (Lipinski definition) is 1. The molecule has 1 aliphatic rings. The summed E-state index contributed by atoms with van der Waals surface area (Å²) < 4.78 is 5.17. The summed E-state index contributed by atoms with van der Waals surface area (Å²) in [5.74, 6) is -0.361. The number of hydrogen-bond acceptors (Lipinski definition) is 5. The zero-order valence-electron chi connectivity index (χ0n) is 14.2. The first kappa shape index (κ1) is 16.1. The van der Waals surface area contributed by atoms with Crippen LogP contribution in [0.15, 0.2) is 30.3 Å². The van der Waals surface area contributed by atoms with E-state index in [1.165, 1.54) is 16.9 Å². The summed E-state index contributed by atoms with van der Waals surface area (Å²) in [5, 5.41) is 0.903. The third-order valence-electron chi connectivity index (χ3n) is 4.68. The number of pyridine rings is 1. The largest absolute Gasteiger partial charge is 0.462 e. The molecule has 2 heterocycles. The molecule has 0 atom stereocenters. The van der Waals surface area contributed by atoms with Gasteiger partial charge in [-0.2, -0.15) is 0 Å². The quantitative estimate of drug-likeness (QED) is 0.700. The molecule has 1 aliphatic carbocycles. The molecule has 4 rings (SSSR count). The van der Waals surface area contributed by atoms with E-state index in [0.29, 0.717) is 17.2 Å². The highest BCUT2D eigenvalue weighted by atomic mass is 32.1. The number of benzene rings is 1. The number of aryl methyl sites for hydroxylation is 1. The monoisotopic (exact) mass is 352 g/mol. The summed E-state index contributed by atoms with van der Waals surface area (Å²) in [6.07, 6.45) is 4.31. The van der Waals surface area contributed by atoms with E-state index < -0.39 is 0 Å². The molecule has 128 valence electrons.